The van der Waals surface area contributed by atoms with Gasteiger partial charge in [-0.2, -0.15) is 0 Å². The third-order valence-corrected chi connectivity index (χ3v) is 4.65. The number of Topliss-reactive ketones (excluding diaryl/α,β-unsaturated/α-hetero) is 1. The Hall–Kier alpha value is -0.970. The average molecular weight is 257 g/mol. The Bertz CT molecular complexity index is 344. The van der Waals surface area contributed by atoms with E-state index in [9.17, 15) is 20.0 Å². The zero-order valence-corrected chi connectivity index (χ0v) is 11.4. The molecule has 1 aliphatic rings. The van der Waals surface area contributed by atoms with Gasteiger partial charge in [-0.3, -0.25) is 14.9 Å². The van der Waals surface area contributed by atoms with Crippen LogP contribution in [-0.2, 0) is 4.79 Å². The molecule has 1 rings (SSSR count). The first-order valence-electron chi connectivity index (χ1n) is 6.74. The highest BCUT2D eigenvalue weighted by molar-refractivity contribution is 5.82. The van der Waals surface area contributed by atoms with Crippen molar-refractivity contribution in [3.8, 4) is 0 Å². The highest BCUT2D eigenvalue weighted by Crippen LogP contribution is 2.44. The molecule has 5 nitrogen and oxygen atoms in total. The molecule has 1 aliphatic carbocycles. The Morgan fingerprint density at radius 2 is 1.94 bits per heavy atom. The topological polar surface area (TPSA) is 80.4 Å². The van der Waals surface area contributed by atoms with Crippen LogP contribution in [0.5, 0.6) is 0 Å². The third kappa shape index (κ3) is 2.41. The highest BCUT2D eigenvalue weighted by atomic mass is 16.6. The van der Waals surface area contributed by atoms with Gasteiger partial charge in [-0.1, -0.05) is 20.8 Å². The lowest BCUT2D eigenvalue weighted by Gasteiger charge is -2.43. The molecule has 0 spiro atoms. The first-order chi connectivity index (χ1) is 8.35. The van der Waals surface area contributed by atoms with Gasteiger partial charge < -0.3 is 5.11 Å². The van der Waals surface area contributed by atoms with Gasteiger partial charge in [0.2, 0.25) is 5.54 Å². The molecule has 1 N–H and O–H groups in total. The fourth-order valence-electron chi connectivity index (χ4n) is 2.99. The van der Waals surface area contributed by atoms with E-state index < -0.39 is 17.1 Å². The molecule has 0 aromatic carbocycles. The molecule has 0 unspecified atom stereocenters. The van der Waals surface area contributed by atoms with Crippen LogP contribution in [0.2, 0.25) is 0 Å². The maximum atomic E-state index is 12.0. The van der Waals surface area contributed by atoms with Crippen LogP contribution < -0.4 is 0 Å². The molecular weight excluding hydrogens is 234 g/mol. The number of carbonyl (C=O) groups excluding carboxylic acids is 1. The van der Waals surface area contributed by atoms with Crippen molar-refractivity contribution in [2.45, 2.75) is 70.4 Å². The molecule has 0 saturated heterocycles. The van der Waals surface area contributed by atoms with Crippen molar-refractivity contribution >= 4 is 5.78 Å². The fraction of sp³-hybridized carbons (Fsp3) is 0.923. The molecule has 1 saturated carbocycles. The van der Waals surface area contributed by atoms with Crippen LogP contribution >= 0.6 is 0 Å². The summed E-state index contributed by atoms with van der Waals surface area (Å²) < 4.78 is 0. The summed E-state index contributed by atoms with van der Waals surface area (Å²) in [5.74, 6) is -0.648. The fourth-order valence-corrected chi connectivity index (χ4v) is 2.99. The number of nitrogens with zero attached hydrogens (tertiary/aromatic N) is 1. The van der Waals surface area contributed by atoms with Gasteiger partial charge >= 0.3 is 0 Å². The molecule has 0 bridgehead atoms. The van der Waals surface area contributed by atoms with Crippen LogP contribution in [0.1, 0.15) is 59.3 Å². The monoisotopic (exact) mass is 257 g/mol. The minimum atomic E-state index is -1.05. The Kier molecular flexibility index (Phi) is 4.48. The van der Waals surface area contributed by atoms with Crippen molar-refractivity contribution in [2.24, 2.45) is 5.92 Å². The van der Waals surface area contributed by atoms with Gasteiger partial charge in [0.05, 0.1) is 11.5 Å². The second kappa shape index (κ2) is 5.34. The van der Waals surface area contributed by atoms with E-state index >= 15 is 0 Å². The second-order valence-corrected chi connectivity index (χ2v) is 5.37. The van der Waals surface area contributed by atoms with Crippen molar-refractivity contribution in [3.05, 3.63) is 10.1 Å². The first-order valence-corrected chi connectivity index (χ1v) is 6.74. The minimum absolute atomic E-state index is 0.0567. The number of carbonyl (C=O) groups is 1. The van der Waals surface area contributed by atoms with E-state index in [0.717, 1.165) is 0 Å². The van der Waals surface area contributed by atoms with Gasteiger partial charge in [0, 0.05) is 30.6 Å². The predicted octanol–water partition coefficient (Wildman–Crippen LogP) is 2.33. The van der Waals surface area contributed by atoms with E-state index in [1.165, 1.54) is 0 Å². The maximum Gasteiger partial charge on any atom is 0.222 e. The minimum Gasteiger partial charge on any atom is -0.389 e. The summed E-state index contributed by atoms with van der Waals surface area (Å²) in [6.07, 6.45) is 2.08. The van der Waals surface area contributed by atoms with E-state index in [-0.39, 0.29) is 17.1 Å². The smallest absolute Gasteiger partial charge is 0.222 e. The predicted molar refractivity (Wildman–Crippen MR) is 67.9 cm³/mol. The number of hydrogen-bond acceptors (Lipinski definition) is 4. The Morgan fingerprint density at radius 3 is 2.33 bits per heavy atom. The number of ketones is 1. The van der Waals surface area contributed by atoms with Crippen molar-refractivity contribution in [1.82, 2.24) is 0 Å². The lowest BCUT2D eigenvalue weighted by molar-refractivity contribution is -0.579. The van der Waals surface area contributed by atoms with Crippen molar-refractivity contribution < 1.29 is 14.8 Å². The van der Waals surface area contributed by atoms with Crippen molar-refractivity contribution in [3.63, 3.8) is 0 Å². The van der Waals surface area contributed by atoms with E-state index in [2.05, 4.69) is 0 Å². The number of rotatable bonds is 5. The standard InChI is InChI=1S/C13H23NO4/c1-4-11(15)10-9-12(5-2,14(17)18)7-8-13(10,16)6-3/h10,16H,4-9H2,1-3H3/t10-,12-,13+/m1/s1. The molecule has 0 aromatic heterocycles. The summed E-state index contributed by atoms with van der Waals surface area (Å²) in [6, 6.07) is 0. The van der Waals surface area contributed by atoms with Crippen LogP contribution in [0.25, 0.3) is 0 Å². The Labute approximate surface area is 108 Å². The van der Waals surface area contributed by atoms with Crippen LogP contribution in [0.4, 0.5) is 0 Å². The molecule has 104 valence electrons. The van der Waals surface area contributed by atoms with E-state index in [4.69, 9.17) is 0 Å². The van der Waals surface area contributed by atoms with E-state index in [1.54, 1.807) is 13.8 Å². The van der Waals surface area contributed by atoms with E-state index in [1.807, 2.05) is 6.92 Å². The van der Waals surface area contributed by atoms with Gasteiger partial charge in [-0.05, 0) is 12.8 Å². The van der Waals surface area contributed by atoms with Crippen LogP contribution in [0.3, 0.4) is 0 Å². The highest BCUT2D eigenvalue weighted by Gasteiger charge is 2.55. The SMILES string of the molecule is CCC(=O)[C@H]1C[C@](CC)([N+](=O)[O-])CC[C@@]1(O)CC. The van der Waals surface area contributed by atoms with E-state index in [0.29, 0.717) is 32.1 Å². The summed E-state index contributed by atoms with van der Waals surface area (Å²) in [7, 11) is 0. The van der Waals surface area contributed by atoms with Gasteiger partial charge in [0.25, 0.3) is 0 Å². The average Bonchev–Trinajstić information content (AvgIpc) is 2.38. The normalized spacial score (nSPS) is 36.3. The van der Waals surface area contributed by atoms with Crippen LogP contribution in [0, 0.1) is 16.0 Å². The molecule has 3 atom stereocenters. The second-order valence-electron chi connectivity index (χ2n) is 5.37. The summed E-state index contributed by atoms with van der Waals surface area (Å²) in [5, 5.41) is 21.8. The first kappa shape index (κ1) is 15.1. The number of hydrogen-bond donors (Lipinski definition) is 1. The number of nitro groups is 1. The van der Waals surface area contributed by atoms with Crippen LogP contribution in [0.15, 0.2) is 0 Å². The molecule has 0 heterocycles. The van der Waals surface area contributed by atoms with Crippen molar-refractivity contribution in [1.29, 1.82) is 0 Å². The molecule has 0 aliphatic heterocycles. The molecule has 1 fully saturated rings. The van der Waals surface area contributed by atoms with Gasteiger partial charge in [0.15, 0.2) is 0 Å². The molecule has 0 aromatic rings. The van der Waals surface area contributed by atoms with Crippen molar-refractivity contribution in [2.75, 3.05) is 0 Å². The summed E-state index contributed by atoms with van der Waals surface area (Å²) in [5.41, 5.74) is -2.08. The Morgan fingerprint density at radius 1 is 1.33 bits per heavy atom. The van der Waals surface area contributed by atoms with Gasteiger partial charge in [-0.25, -0.2) is 0 Å². The molecule has 0 amide bonds. The molecule has 18 heavy (non-hydrogen) atoms. The molecule has 5 heteroatoms. The lowest BCUT2D eigenvalue weighted by atomic mass is 9.64. The molecular formula is C13H23NO4. The zero-order valence-electron chi connectivity index (χ0n) is 11.4. The maximum absolute atomic E-state index is 12.0. The van der Waals surface area contributed by atoms with Gasteiger partial charge in [-0.15, -0.1) is 0 Å². The third-order valence-electron chi connectivity index (χ3n) is 4.65. The summed E-state index contributed by atoms with van der Waals surface area (Å²) >= 11 is 0. The van der Waals surface area contributed by atoms with Crippen LogP contribution in [-0.4, -0.2) is 27.0 Å². The summed E-state index contributed by atoms with van der Waals surface area (Å²) in [4.78, 5) is 23.0. The zero-order chi connectivity index (χ0) is 14.0. The largest absolute Gasteiger partial charge is 0.389 e. The number of aliphatic hydroxyl groups is 1. The van der Waals surface area contributed by atoms with Gasteiger partial charge in [0.1, 0.15) is 5.78 Å². The Balaban J connectivity index is 3.06. The quantitative estimate of drug-likeness (QED) is 0.605. The lowest BCUT2D eigenvalue weighted by Crippen LogP contribution is -2.54. The summed E-state index contributed by atoms with van der Waals surface area (Å²) in [6.45, 7) is 5.36. The molecule has 0 radical (unpaired) electrons.